The van der Waals surface area contributed by atoms with Gasteiger partial charge in [0.25, 0.3) is 0 Å². The minimum Gasteiger partial charge on any atom is -0.297 e. The van der Waals surface area contributed by atoms with Crippen molar-refractivity contribution in [2.24, 2.45) is 5.92 Å². The Balaban J connectivity index is 2.01. The molecule has 0 amide bonds. The Morgan fingerprint density at radius 1 is 1.19 bits per heavy atom. The fourth-order valence-corrected chi connectivity index (χ4v) is 3.13. The molecule has 3 heterocycles. The zero-order valence-corrected chi connectivity index (χ0v) is 9.78. The highest BCUT2D eigenvalue weighted by molar-refractivity contribution is 6.31. The van der Waals surface area contributed by atoms with Crippen LogP contribution in [-0.4, -0.2) is 23.8 Å². The third-order valence-corrected chi connectivity index (χ3v) is 4.11. The van der Waals surface area contributed by atoms with Gasteiger partial charge in [0.05, 0.1) is 6.04 Å². The molecule has 3 aliphatic rings. The summed E-state index contributed by atoms with van der Waals surface area (Å²) >= 11 is 6.18. The summed E-state index contributed by atoms with van der Waals surface area (Å²) in [4.78, 5) is 14.5. The summed E-state index contributed by atoms with van der Waals surface area (Å²) in [6, 6.07) is 7.63. The number of halogens is 1. The molecule has 0 N–H and O–H groups in total. The molecule has 0 spiro atoms. The molecule has 2 nitrogen and oxygen atoms in total. The van der Waals surface area contributed by atoms with Gasteiger partial charge in [0.1, 0.15) is 0 Å². The van der Waals surface area contributed by atoms with Gasteiger partial charge in [0, 0.05) is 10.9 Å². The highest BCUT2D eigenvalue weighted by Gasteiger charge is 2.42. The number of carbonyl (C=O) groups excluding carboxylic acids is 1. The van der Waals surface area contributed by atoms with Crippen LogP contribution in [0.4, 0.5) is 0 Å². The Hall–Kier alpha value is -0.860. The minimum atomic E-state index is -0.0822. The van der Waals surface area contributed by atoms with E-state index in [9.17, 15) is 4.79 Å². The second-order valence-electron chi connectivity index (χ2n) is 4.64. The number of piperidine rings is 3. The van der Waals surface area contributed by atoms with Crippen LogP contribution in [0.2, 0.25) is 5.02 Å². The van der Waals surface area contributed by atoms with Crippen molar-refractivity contribution in [2.75, 3.05) is 13.1 Å². The predicted octanol–water partition coefficient (Wildman–Crippen LogP) is 2.68. The second kappa shape index (κ2) is 3.86. The van der Waals surface area contributed by atoms with Crippen LogP contribution in [0.15, 0.2) is 24.3 Å². The van der Waals surface area contributed by atoms with Crippen LogP contribution in [-0.2, 0) is 4.79 Å². The van der Waals surface area contributed by atoms with Crippen molar-refractivity contribution in [1.29, 1.82) is 0 Å². The van der Waals surface area contributed by atoms with Gasteiger partial charge in [-0.25, -0.2) is 0 Å². The zero-order chi connectivity index (χ0) is 11.1. The van der Waals surface area contributed by atoms with Crippen LogP contribution in [0, 0.1) is 5.92 Å². The Bertz CT molecular complexity index is 424. The van der Waals surface area contributed by atoms with E-state index in [2.05, 4.69) is 4.90 Å². The number of rotatable bonds is 1. The lowest BCUT2D eigenvalue weighted by atomic mass is 9.79. The van der Waals surface area contributed by atoms with Gasteiger partial charge in [0.2, 0.25) is 0 Å². The standard InChI is InChI=1S/C13H14ClNO/c14-11-4-2-1-3-10(11)12-13(16)9-5-7-15(12)8-6-9/h1-4,9,12H,5-8H2. The van der Waals surface area contributed by atoms with Crippen LogP contribution >= 0.6 is 11.6 Å². The third-order valence-electron chi connectivity index (χ3n) is 3.77. The number of fused-ring (bicyclic) bond motifs is 3. The van der Waals surface area contributed by atoms with Gasteiger partial charge < -0.3 is 0 Å². The smallest absolute Gasteiger partial charge is 0.157 e. The molecular weight excluding hydrogens is 222 g/mol. The molecule has 4 rings (SSSR count). The molecule has 3 heteroatoms. The summed E-state index contributed by atoms with van der Waals surface area (Å²) in [5.74, 6) is 0.636. The minimum absolute atomic E-state index is 0.0822. The molecule has 3 saturated heterocycles. The van der Waals surface area contributed by atoms with Crippen molar-refractivity contribution >= 4 is 17.4 Å². The summed E-state index contributed by atoms with van der Waals surface area (Å²) in [6.07, 6.45) is 2.06. The van der Waals surface area contributed by atoms with E-state index in [1.807, 2.05) is 24.3 Å². The quantitative estimate of drug-likeness (QED) is 0.746. The van der Waals surface area contributed by atoms with Crippen molar-refractivity contribution in [1.82, 2.24) is 4.90 Å². The fourth-order valence-electron chi connectivity index (χ4n) is 2.89. The summed E-state index contributed by atoms with van der Waals surface area (Å²) in [7, 11) is 0. The average Bonchev–Trinajstić information content (AvgIpc) is 2.32. The summed E-state index contributed by atoms with van der Waals surface area (Å²) in [5, 5.41) is 0.716. The van der Waals surface area contributed by atoms with Crippen LogP contribution in [0.5, 0.6) is 0 Å². The SMILES string of the molecule is O=C1C2CCN(CC2)C1c1ccccc1Cl. The highest BCUT2D eigenvalue weighted by atomic mass is 35.5. The first-order valence-electron chi connectivity index (χ1n) is 5.79. The number of benzene rings is 1. The first-order valence-corrected chi connectivity index (χ1v) is 6.17. The molecule has 0 radical (unpaired) electrons. The molecule has 0 aromatic heterocycles. The summed E-state index contributed by atoms with van der Waals surface area (Å²) < 4.78 is 0. The van der Waals surface area contributed by atoms with Gasteiger partial charge in [-0.1, -0.05) is 29.8 Å². The first-order chi connectivity index (χ1) is 7.77. The first kappa shape index (κ1) is 10.3. The number of Topliss-reactive ketones (excluding diaryl/α,β-unsaturated/α-hetero) is 1. The monoisotopic (exact) mass is 235 g/mol. The number of hydrogen-bond donors (Lipinski definition) is 0. The maximum atomic E-state index is 12.2. The Labute approximate surface area is 100 Å². The lowest BCUT2D eigenvalue weighted by Gasteiger charge is -2.44. The zero-order valence-electron chi connectivity index (χ0n) is 9.03. The van der Waals surface area contributed by atoms with Gasteiger partial charge in [-0.05, 0) is 37.6 Å². The van der Waals surface area contributed by atoms with Crippen molar-refractivity contribution < 1.29 is 4.79 Å². The Morgan fingerprint density at radius 2 is 1.88 bits per heavy atom. The fraction of sp³-hybridized carbons (Fsp3) is 0.462. The number of ketones is 1. The normalized spacial score (nSPS) is 33.1. The van der Waals surface area contributed by atoms with E-state index >= 15 is 0 Å². The average molecular weight is 236 g/mol. The molecule has 0 saturated carbocycles. The molecule has 1 aromatic rings. The van der Waals surface area contributed by atoms with Crippen molar-refractivity contribution in [3.05, 3.63) is 34.9 Å². The summed E-state index contributed by atoms with van der Waals surface area (Å²) in [6.45, 7) is 2.07. The molecular formula is C13H14ClNO. The maximum absolute atomic E-state index is 12.2. The van der Waals surface area contributed by atoms with Crippen molar-refractivity contribution in [3.8, 4) is 0 Å². The van der Waals surface area contributed by atoms with E-state index in [0.717, 1.165) is 31.5 Å². The summed E-state index contributed by atoms with van der Waals surface area (Å²) in [5.41, 5.74) is 0.985. The molecule has 1 atom stereocenters. The Morgan fingerprint density at radius 3 is 2.50 bits per heavy atom. The van der Waals surface area contributed by atoms with E-state index < -0.39 is 0 Å². The molecule has 1 aromatic carbocycles. The van der Waals surface area contributed by atoms with Gasteiger partial charge in [-0.3, -0.25) is 9.69 Å². The lowest BCUT2D eigenvalue weighted by Crippen LogP contribution is -2.50. The van der Waals surface area contributed by atoms with Crippen molar-refractivity contribution in [3.63, 3.8) is 0 Å². The highest BCUT2D eigenvalue weighted by Crippen LogP contribution is 2.39. The topological polar surface area (TPSA) is 20.3 Å². The predicted molar refractivity (Wildman–Crippen MR) is 63.5 cm³/mol. The number of nitrogens with zero attached hydrogens (tertiary/aromatic N) is 1. The molecule has 2 bridgehead atoms. The van der Waals surface area contributed by atoms with Crippen LogP contribution < -0.4 is 0 Å². The number of hydrogen-bond acceptors (Lipinski definition) is 2. The van der Waals surface area contributed by atoms with Gasteiger partial charge in [0.15, 0.2) is 5.78 Å². The van der Waals surface area contributed by atoms with Gasteiger partial charge in [-0.15, -0.1) is 0 Å². The van der Waals surface area contributed by atoms with Crippen molar-refractivity contribution in [2.45, 2.75) is 18.9 Å². The van der Waals surface area contributed by atoms with E-state index in [4.69, 9.17) is 11.6 Å². The van der Waals surface area contributed by atoms with Gasteiger partial charge in [-0.2, -0.15) is 0 Å². The van der Waals surface area contributed by atoms with Crippen LogP contribution in [0.3, 0.4) is 0 Å². The molecule has 3 fully saturated rings. The molecule has 16 heavy (non-hydrogen) atoms. The molecule has 84 valence electrons. The Kier molecular flexibility index (Phi) is 2.49. The van der Waals surface area contributed by atoms with E-state index in [1.165, 1.54) is 0 Å². The molecule has 3 aliphatic heterocycles. The number of carbonyl (C=O) groups is 1. The molecule has 0 aliphatic carbocycles. The van der Waals surface area contributed by atoms with Crippen LogP contribution in [0.25, 0.3) is 0 Å². The third kappa shape index (κ3) is 1.48. The lowest BCUT2D eigenvalue weighted by molar-refractivity contribution is -0.137. The molecule has 1 unspecified atom stereocenters. The van der Waals surface area contributed by atoms with Crippen LogP contribution in [0.1, 0.15) is 24.4 Å². The second-order valence-corrected chi connectivity index (χ2v) is 5.04. The van der Waals surface area contributed by atoms with Gasteiger partial charge >= 0.3 is 0 Å². The van der Waals surface area contributed by atoms with E-state index in [0.29, 0.717) is 10.8 Å². The maximum Gasteiger partial charge on any atom is 0.157 e. The van der Waals surface area contributed by atoms with E-state index in [1.54, 1.807) is 0 Å². The van der Waals surface area contributed by atoms with E-state index in [-0.39, 0.29) is 12.0 Å². The largest absolute Gasteiger partial charge is 0.297 e.